The minimum absolute atomic E-state index is 0.151. The van der Waals surface area contributed by atoms with Gasteiger partial charge in [0, 0.05) is 48.7 Å². The van der Waals surface area contributed by atoms with Crippen LogP contribution in [0, 0.1) is 0 Å². The second-order valence-electron chi connectivity index (χ2n) is 6.39. The molecule has 1 saturated heterocycles. The maximum Gasteiger partial charge on any atom is 0.240 e. The summed E-state index contributed by atoms with van der Waals surface area (Å²) in [6.07, 6.45) is 3.62. The van der Waals surface area contributed by atoms with Crippen molar-refractivity contribution in [3.63, 3.8) is 0 Å². The molecule has 146 valence electrons. The van der Waals surface area contributed by atoms with E-state index in [0.29, 0.717) is 42.8 Å². The number of hydrogen-bond donors (Lipinski definition) is 1. The van der Waals surface area contributed by atoms with Crippen molar-refractivity contribution in [2.75, 3.05) is 44.3 Å². The number of nitrogens with zero attached hydrogens (tertiary/aromatic N) is 3. The zero-order valence-electron chi connectivity index (χ0n) is 14.9. The van der Waals surface area contributed by atoms with E-state index < -0.39 is 10.0 Å². The lowest BCUT2D eigenvalue weighted by molar-refractivity contribution is -0.117. The van der Waals surface area contributed by atoms with Crippen LogP contribution in [0.1, 0.15) is 10.4 Å². The summed E-state index contributed by atoms with van der Waals surface area (Å²) >= 11 is 7.60. The molecule has 1 aliphatic heterocycles. The average molecular weight is 429 g/mol. The molecule has 27 heavy (non-hydrogen) atoms. The number of thiazole rings is 1. The van der Waals surface area contributed by atoms with E-state index in [-0.39, 0.29) is 12.5 Å². The maximum atomic E-state index is 12.2. The van der Waals surface area contributed by atoms with Crippen LogP contribution in [0.4, 0.5) is 5.13 Å². The van der Waals surface area contributed by atoms with Crippen LogP contribution in [0.25, 0.3) is 0 Å². The van der Waals surface area contributed by atoms with Crippen LogP contribution in [-0.4, -0.2) is 67.5 Å². The summed E-state index contributed by atoms with van der Waals surface area (Å²) in [4.78, 5) is 19.5. The molecular weight excluding hydrogens is 408 g/mol. The van der Waals surface area contributed by atoms with Crippen molar-refractivity contribution in [1.82, 2.24) is 14.2 Å². The molecule has 10 heteroatoms. The normalized spacial score (nSPS) is 16.4. The summed E-state index contributed by atoms with van der Waals surface area (Å²) in [5.41, 5.74) is 1.02. The molecule has 0 aliphatic carbocycles. The minimum atomic E-state index is -3.16. The number of amides is 1. The van der Waals surface area contributed by atoms with Gasteiger partial charge in [0.15, 0.2) is 5.13 Å². The van der Waals surface area contributed by atoms with Crippen molar-refractivity contribution in [3.8, 4) is 0 Å². The topological polar surface area (TPSA) is 82.6 Å². The van der Waals surface area contributed by atoms with Crippen molar-refractivity contribution >= 4 is 44.0 Å². The van der Waals surface area contributed by atoms with Gasteiger partial charge in [-0.2, -0.15) is 4.31 Å². The highest BCUT2D eigenvalue weighted by atomic mass is 35.5. The lowest BCUT2D eigenvalue weighted by Gasteiger charge is -2.32. The van der Waals surface area contributed by atoms with E-state index in [4.69, 9.17) is 11.6 Å². The number of hydrogen-bond acceptors (Lipinski definition) is 6. The molecule has 1 fully saturated rings. The Kier molecular flexibility index (Phi) is 6.48. The number of sulfonamides is 1. The van der Waals surface area contributed by atoms with Gasteiger partial charge in [-0.15, -0.1) is 11.3 Å². The number of carbonyl (C=O) groups excluding carboxylic acids is 1. The van der Waals surface area contributed by atoms with Crippen molar-refractivity contribution in [3.05, 3.63) is 45.9 Å². The van der Waals surface area contributed by atoms with E-state index in [9.17, 15) is 13.2 Å². The third kappa shape index (κ3) is 5.73. The maximum absolute atomic E-state index is 12.2. The van der Waals surface area contributed by atoms with Crippen molar-refractivity contribution in [2.45, 2.75) is 6.42 Å². The molecule has 1 amide bonds. The summed E-state index contributed by atoms with van der Waals surface area (Å²) in [6, 6.07) is 7.65. The van der Waals surface area contributed by atoms with Gasteiger partial charge in [-0.05, 0) is 11.6 Å². The Hall–Kier alpha value is -1.52. The number of nitrogens with one attached hydrogen (secondary N) is 1. The predicted octanol–water partition coefficient (Wildman–Crippen LogP) is 1.90. The molecule has 0 saturated carbocycles. The van der Waals surface area contributed by atoms with Crippen LogP contribution >= 0.6 is 22.9 Å². The quantitative estimate of drug-likeness (QED) is 0.759. The smallest absolute Gasteiger partial charge is 0.240 e. The first-order valence-corrected chi connectivity index (χ1v) is 11.5. The van der Waals surface area contributed by atoms with Crippen LogP contribution in [-0.2, 0) is 21.2 Å². The zero-order chi connectivity index (χ0) is 19.4. The summed E-state index contributed by atoms with van der Waals surface area (Å²) in [6.45, 7) is 2.11. The van der Waals surface area contributed by atoms with Gasteiger partial charge in [-0.1, -0.05) is 29.8 Å². The highest BCUT2D eigenvalue weighted by molar-refractivity contribution is 7.88. The third-order valence-electron chi connectivity index (χ3n) is 4.29. The fourth-order valence-electron chi connectivity index (χ4n) is 2.86. The Bertz CT molecular complexity index is 908. The SMILES string of the molecule is CS(=O)(=O)N1CCN(CC(=O)Nc2ncc(Cc3ccccc3Cl)s2)CC1. The molecule has 0 unspecified atom stereocenters. The Morgan fingerprint density at radius 1 is 1.26 bits per heavy atom. The molecule has 0 radical (unpaired) electrons. The first-order valence-electron chi connectivity index (χ1n) is 8.47. The number of halogens is 1. The molecule has 0 spiro atoms. The molecule has 2 aromatic rings. The number of piperazine rings is 1. The average Bonchev–Trinajstić information content (AvgIpc) is 3.03. The van der Waals surface area contributed by atoms with E-state index in [1.54, 1.807) is 6.20 Å². The van der Waals surface area contributed by atoms with E-state index in [1.807, 2.05) is 29.2 Å². The fraction of sp³-hybridized carbons (Fsp3) is 0.412. The lowest BCUT2D eigenvalue weighted by Crippen LogP contribution is -2.50. The monoisotopic (exact) mass is 428 g/mol. The van der Waals surface area contributed by atoms with Gasteiger partial charge in [0.2, 0.25) is 15.9 Å². The molecule has 3 rings (SSSR count). The first kappa shape index (κ1) is 20.2. The molecule has 1 N–H and O–H groups in total. The number of aromatic nitrogens is 1. The van der Waals surface area contributed by atoms with Crippen molar-refractivity contribution in [2.24, 2.45) is 0 Å². The van der Waals surface area contributed by atoms with Gasteiger partial charge < -0.3 is 5.32 Å². The van der Waals surface area contributed by atoms with Crippen LogP contribution in [0.3, 0.4) is 0 Å². The highest BCUT2D eigenvalue weighted by Crippen LogP contribution is 2.24. The van der Waals surface area contributed by atoms with Crippen LogP contribution < -0.4 is 5.32 Å². The van der Waals surface area contributed by atoms with E-state index in [0.717, 1.165) is 10.4 Å². The van der Waals surface area contributed by atoms with Gasteiger partial charge in [-0.25, -0.2) is 13.4 Å². The lowest BCUT2D eigenvalue weighted by atomic mass is 10.1. The van der Waals surface area contributed by atoms with Crippen LogP contribution in [0.2, 0.25) is 5.02 Å². The fourth-order valence-corrected chi connectivity index (χ4v) is 4.74. The third-order valence-corrected chi connectivity index (χ3v) is 6.87. The molecule has 7 nitrogen and oxygen atoms in total. The Morgan fingerprint density at radius 3 is 2.63 bits per heavy atom. The van der Waals surface area contributed by atoms with Gasteiger partial charge in [0.1, 0.15) is 0 Å². The van der Waals surface area contributed by atoms with Gasteiger partial charge in [-0.3, -0.25) is 9.69 Å². The Balaban J connectivity index is 1.49. The predicted molar refractivity (Wildman–Crippen MR) is 108 cm³/mol. The molecule has 0 bridgehead atoms. The highest BCUT2D eigenvalue weighted by Gasteiger charge is 2.24. The minimum Gasteiger partial charge on any atom is -0.301 e. The molecule has 1 aliphatic rings. The van der Waals surface area contributed by atoms with Crippen LogP contribution in [0.15, 0.2) is 30.5 Å². The second kappa shape index (κ2) is 8.66. The van der Waals surface area contributed by atoms with E-state index in [2.05, 4.69) is 10.3 Å². The summed E-state index contributed by atoms with van der Waals surface area (Å²) in [5, 5.41) is 4.08. The zero-order valence-corrected chi connectivity index (χ0v) is 17.3. The van der Waals surface area contributed by atoms with E-state index >= 15 is 0 Å². The van der Waals surface area contributed by atoms with Crippen molar-refractivity contribution < 1.29 is 13.2 Å². The van der Waals surface area contributed by atoms with Crippen LogP contribution in [0.5, 0.6) is 0 Å². The van der Waals surface area contributed by atoms with Gasteiger partial charge in [0.05, 0.1) is 12.8 Å². The van der Waals surface area contributed by atoms with Crippen molar-refractivity contribution in [1.29, 1.82) is 0 Å². The summed E-state index contributed by atoms with van der Waals surface area (Å²) < 4.78 is 24.5. The molecule has 1 aromatic carbocycles. The first-order chi connectivity index (χ1) is 12.8. The standard InChI is InChI=1S/C17H21ClN4O3S2/c1-27(24,25)22-8-6-21(7-9-22)12-16(23)20-17-19-11-14(26-17)10-13-4-2-3-5-15(13)18/h2-5,11H,6-10,12H2,1H3,(H,19,20,23). The second-order valence-corrected chi connectivity index (χ2v) is 9.89. The Morgan fingerprint density at radius 2 is 1.96 bits per heavy atom. The largest absolute Gasteiger partial charge is 0.301 e. The number of benzene rings is 1. The molecule has 1 aromatic heterocycles. The molecule has 0 atom stereocenters. The summed E-state index contributed by atoms with van der Waals surface area (Å²) in [7, 11) is -3.16. The molecular formula is C17H21ClN4O3S2. The van der Waals surface area contributed by atoms with Gasteiger partial charge >= 0.3 is 0 Å². The molecule has 2 heterocycles. The van der Waals surface area contributed by atoms with E-state index in [1.165, 1.54) is 21.9 Å². The summed E-state index contributed by atoms with van der Waals surface area (Å²) in [5.74, 6) is -0.151. The number of carbonyl (C=O) groups is 1. The number of rotatable bonds is 6. The Labute approximate surface area is 168 Å². The number of anilines is 1. The van der Waals surface area contributed by atoms with Gasteiger partial charge in [0.25, 0.3) is 0 Å².